The van der Waals surface area contributed by atoms with Crippen LogP contribution >= 0.6 is 23.2 Å². The van der Waals surface area contributed by atoms with Crippen LogP contribution in [0.5, 0.6) is 0 Å². The molecule has 7 nitrogen and oxygen atoms in total. The molecule has 1 unspecified atom stereocenters. The summed E-state index contributed by atoms with van der Waals surface area (Å²) in [6, 6.07) is 18.6. The summed E-state index contributed by atoms with van der Waals surface area (Å²) in [4.78, 5) is 37.1. The lowest BCUT2D eigenvalue weighted by atomic mass is 9.91. The van der Waals surface area contributed by atoms with Gasteiger partial charge in [-0.05, 0) is 41.5 Å². The molecule has 184 valence electrons. The van der Waals surface area contributed by atoms with Crippen LogP contribution in [0.4, 0.5) is 17.1 Å². The Morgan fingerprint density at radius 3 is 2.44 bits per heavy atom. The number of esters is 1. The van der Waals surface area contributed by atoms with Gasteiger partial charge in [0, 0.05) is 47.1 Å². The fraction of sp³-hybridized carbons (Fsp3) is 0.148. The predicted molar refractivity (Wildman–Crippen MR) is 142 cm³/mol. The van der Waals surface area contributed by atoms with Crippen LogP contribution in [-0.2, 0) is 25.7 Å². The van der Waals surface area contributed by atoms with Gasteiger partial charge in [0.05, 0.1) is 5.02 Å². The summed E-state index contributed by atoms with van der Waals surface area (Å²) in [6.45, 7) is 1.53. The largest absolute Gasteiger partial charge is 0.459 e. The first-order chi connectivity index (χ1) is 17.3. The van der Waals surface area contributed by atoms with Crippen molar-refractivity contribution in [3.8, 4) is 0 Å². The molecule has 36 heavy (non-hydrogen) atoms. The second kappa shape index (κ2) is 11.3. The van der Waals surface area contributed by atoms with E-state index in [4.69, 9.17) is 27.9 Å². The number of rotatable bonds is 6. The minimum Gasteiger partial charge on any atom is -0.459 e. The Morgan fingerprint density at radius 1 is 1.00 bits per heavy atom. The van der Waals surface area contributed by atoms with Crippen LogP contribution in [0.25, 0.3) is 5.57 Å². The number of anilines is 3. The van der Waals surface area contributed by atoms with E-state index in [-0.39, 0.29) is 18.9 Å². The highest BCUT2D eigenvalue weighted by molar-refractivity contribution is 6.36. The molecule has 3 N–H and O–H groups in total. The summed E-state index contributed by atoms with van der Waals surface area (Å²) in [5.41, 5.74) is 3.60. The number of halogens is 2. The van der Waals surface area contributed by atoms with Crippen molar-refractivity contribution in [1.29, 1.82) is 0 Å². The average Bonchev–Trinajstić information content (AvgIpc) is 2.82. The topological polar surface area (TPSA) is 96.5 Å². The molecule has 1 heterocycles. The van der Waals surface area contributed by atoms with Gasteiger partial charge in [-0.1, -0.05) is 59.6 Å². The van der Waals surface area contributed by atoms with Crippen LogP contribution in [0.15, 0.2) is 72.8 Å². The molecule has 9 heteroatoms. The molecule has 0 bridgehead atoms. The van der Waals surface area contributed by atoms with Crippen molar-refractivity contribution in [2.75, 3.05) is 16.0 Å². The van der Waals surface area contributed by atoms with Crippen LogP contribution in [0, 0.1) is 0 Å². The molecule has 0 saturated heterocycles. The van der Waals surface area contributed by atoms with Crippen molar-refractivity contribution in [2.24, 2.45) is 0 Å². The van der Waals surface area contributed by atoms with Crippen molar-refractivity contribution >= 4 is 63.6 Å². The molecule has 3 aromatic carbocycles. The summed E-state index contributed by atoms with van der Waals surface area (Å²) in [5.74, 6) is -1.10. The molecule has 2 amide bonds. The van der Waals surface area contributed by atoms with Crippen molar-refractivity contribution in [1.82, 2.24) is 0 Å². The number of nitrogens with one attached hydrogen (secondary N) is 3. The summed E-state index contributed by atoms with van der Waals surface area (Å²) in [7, 11) is 0. The van der Waals surface area contributed by atoms with Crippen LogP contribution in [-0.4, -0.2) is 23.8 Å². The van der Waals surface area contributed by atoms with E-state index in [2.05, 4.69) is 16.0 Å². The zero-order valence-electron chi connectivity index (χ0n) is 19.3. The minimum absolute atomic E-state index is 0.130. The van der Waals surface area contributed by atoms with Crippen LogP contribution in [0.1, 0.15) is 24.5 Å². The first-order valence-electron chi connectivity index (χ1n) is 11.1. The monoisotopic (exact) mass is 523 g/mol. The van der Waals surface area contributed by atoms with Gasteiger partial charge >= 0.3 is 5.97 Å². The number of benzene rings is 3. The lowest BCUT2D eigenvalue weighted by Gasteiger charge is -2.28. The van der Waals surface area contributed by atoms with E-state index in [1.165, 1.54) is 13.0 Å². The van der Waals surface area contributed by atoms with Gasteiger partial charge in [-0.25, -0.2) is 4.79 Å². The second-order valence-corrected chi connectivity index (χ2v) is 9.07. The number of carbonyl (C=O) groups excluding carboxylic acids is 3. The van der Waals surface area contributed by atoms with Crippen molar-refractivity contribution in [2.45, 2.75) is 26.0 Å². The summed E-state index contributed by atoms with van der Waals surface area (Å²) in [6.07, 6.45) is 1.59. The molecule has 1 atom stereocenters. The Kier molecular flexibility index (Phi) is 7.93. The molecule has 1 aliphatic rings. The fourth-order valence-corrected chi connectivity index (χ4v) is 4.51. The third-order valence-corrected chi connectivity index (χ3v) is 5.91. The molecule has 0 fully saturated rings. The Labute approximate surface area is 218 Å². The number of hydrogen-bond donors (Lipinski definition) is 3. The molecule has 3 aromatic rings. The Bertz CT molecular complexity index is 1340. The zero-order chi connectivity index (χ0) is 25.7. The number of carbonyl (C=O) groups is 3. The van der Waals surface area contributed by atoms with E-state index in [1.807, 2.05) is 30.3 Å². The van der Waals surface area contributed by atoms with E-state index in [1.54, 1.807) is 36.4 Å². The molecule has 4 rings (SSSR count). The van der Waals surface area contributed by atoms with Gasteiger partial charge in [-0.15, -0.1) is 0 Å². The zero-order valence-corrected chi connectivity index (χ0v) is 20.8. The Hall–Kier alpha value is -3.81. The summed E-state index contributed by atoms with van der Waals surface area (Å²) < 4.78 is 5.51. The van der Waals surface area contributed by atoms with Gasteiger partial charge in [-0.3, -0.25) is 9.59 Å². The molecule has 0 spiro atoms. The maximum atomic E-state index is 12.9. The molecule has 0 radical (unpaired) electrons. The standard InChI is InChI=1S/C27H23Cl2N3O4/c1-16(33)30-20-8-5-9-21(14-20)31-25(34)11-18-10-24(27(35)36-15-17-6-3-2-4-7-17)32-23-13-19(28)12-22(29)26(18)23/h2-9,11-14,24,32H,10,15H2,1H3,(H,30,33)(H,31,34)/b18-11+. The van der Waals surface area contributed by atoms with E-state index >= 15 is 0 Å². The molecule has 0 saturated carbocycles. The van der Waals surface area contributed by atoms with Crippen LogP contribution in [0.2, 0.25) is 10.0 Å². The third-order valence-electron chi connectivity index (χ3n) is 5.39. The SMILES string of the molecule is CC(=O)Nc1cccc(NC(=O)/C=C2\CC(C(=O)OCc3ccccc3)Nc3cc(Cl)cc(Cl)c32)c1. The predicted octanol–water partition coefficient (Wildman–Crippen LogP) is 5.90. The molecule has 0 aromatic heterocycles. The van der Waals surface area contributed by atoms with Gasteiger partial charge in [0.25, 0.3) is 0 Å². The maximum absolute atomic E-state index is 12.9. The first kappa shape index (κ1) is 25.3. The Morgan fingerprint density at radius 2 is 1.72 bits per heavy atom. The van der Waals surface area contributed by atoms with Crippen molar-refractivity contribution in [3.63, 3.8) is 0 Å². The van der Waals surface area contributed by atoms with Gasteiger partial charge in [0.1, 0.15) is 12.6 Å². The number of fused-ring (bicyclic) bond motifs is 1. The maximum Gasteiger partial charge on any atom is 0.329 e. The van der Waals surface area contributed by atoms with Gasteiger partial charge < -0.3 is 20.7 Å². The van der Waals surface area contributed by atoms with Crippen molar-refractivity contribution < 1.29 is 19.1 Å². The van der Waals surface area contributed by atoms with Gasteiger partial charge in [0.2, 0.25) is 11.8 Å². The lowest BCUT2D eigenvalue weighted by molar-refractivity contribution is -0.145. The van der Waals surface area contributed by atoms with E-state index in [0.717, 1.165) is 5.56 Å². The normalized spacial score (nSPS) is 15.4. The van der Waals surface area contributed by atoms with E-state index < -0.39 is 17.9 Å². The van der Waals surface area contributed by atoms with Crippen molar-refractivity contribution in [3.05, 3.63) is 94.0 Å². The minimum atomic E-state index is -0.738. The fourth-order valence-electron chi connectivity index (χ4n) is 3.89. The highest BCUT2D eigenvalue weighted by Crippen LogP contribution is 2.40. The highest BCUT2D eigenvalue weighted by atomic mass is 35.5. The smallest absolute Gasteiger partial charge is 0.329 e. The molecule has 0 aliphatic carbocycles. The third kappa shape index (κ3) is 6.44. The number of amides is 2. The average molecular weight is 524 g/mol. The number of ether oxygens (including phenoxy) is 1. The van der Waals surface area contributed by atoms with Gasteiger partial charge in [-0.2, -0.15) is 0 Å². The summed E-state index contributed by atoms with van der Waals surface area (Å²) >= 11 is 12.7. The molecule has 1 aliphatic heterocycles. The lowest BCUT2D eigenvalue weighted by Crippen LogP contribution is -2.35. The second-order valence-electron chi connectivity index (χ2n) is 8.23. The quantitative estimate of drug-likeness (QED) is 0.276. The molecular weight excluding hydrogens is 501 g/mol. The first-order valence-corrected chi connectivity index (χ1v) is 11.9. The van der Waals surface area contributed by atoms with Gasteiger partial charge in [0.15, 0.2) is 0 Å². The van der Waals surface area contributed by atoms with E-state index in [9.17, 15) is 14.4 Å². The number of hydrogen-bond acceptors (Lipinski definition) is 5. The van der Waals surface area contributed by atoms with Crippen LogP contribution < -0.4 is 16.0 Å². The molecular formula is C27H23Cl2N3O4. The highest BCUT2D eigenvalue weighted by Gasteiger charge is 2.30. The Balaban J connectivity index is 1.56. The van der Waals surface area contributed by atoms with E-state index in [0.29, 0.717) is 38.2 Å². The van der Waals surface area contributed by atoms with Crippen LogP contribution in [0.3, 0.4) is 0 Å². The summed E-state index contributed by atoms with van der Waals surface area (Å²) in [5, 5.41) is 9.34.